The van der Waals surface area contributed by atoms with Crippen LogP contribution in [0.3, 0.4) is 0 Å². The van der Waals surface area contributed by atoms with Crippen molar-refractivity contribution in [1.82, 2.24) is 0 Å². The number of nitroso groups, excluding NO2 is 1. The van der Waals surface area contributed by atoms with E-state index in [2.05, 4.69) is 5.18 Å². The van der Waals surface area contributed by atoms with Gasteiger partial charge in [-0.3, -0.25) is 4.79 Å². The van der Waals surface area contributed by atoms with Crippen LogP contribution in [0.1, 0.15) is 10.4 Å². The van der Waals surface area contributed by atoms with E-state index >= 15 is 0 Å². The first kappa shape index (κ1) is 7.40. The number of carbonyl (C=O) groups excluding carboxylic acids is 1. The fourth-order valence-electron chi connectivity index (χ4n) is 0.739. The Morgan fingerprint density at radius 2 is 2.18 bits per heavy atom. The fourth-order valence-corrected chi connectivity index (χ4v) is 0.739. The second-order valence-corrected chi connectivity index (χ2v) is 2.03. The second kappa shape index (κ2) is 2.92. The van der Waals surface area contributed by atoms with Gasteiger partial charge in [0.2, 0.25) is 0 Å². The maximum absolute atomic E-state index is 10.3. The molecule has 11 heavy (non-hydrogen) atoms. The number of nitrogens with zero attached hydrogens (tertiary/aromatic N) is 1. The maximum Gasteiger partial charge on any atom is 0.152 e. The lowest BCUT2D eigenvalue weighted by atomic mass is 10.2. The highest BCUT2D eigenvalue weighted by Crippen LogP contribution is 2.19. The van der Waals surface area contributed by atoms with Crippen molar-refractivity contribution >= 4 is 17.7 Å². The first-order valence-corrected chi connectivity index (χ1v) is 2.96. The molecule has 1 rings (SSSR count). The molecule has 0 saturated carbocycles. The van der Waals surface area contributed by atoms with E-state index < -0.39 is 0 Å². The normalized spacial score (nSPS) is 9.09. The van der Waals surface area contributed by atoms with Gasteiger partial charge in [0.1, 0.15) is 5.69 Å². The van der Waals surface area contributed by atoms with E-state index in [0.29, 0.717) is 12.0 Å². The molecule has 0 amide bonds. The van der Waals surface area contributed by atoms with Gasteiger partial charge >= 0.3 is 0 Å². The maximum atomic E-state index is 10.3. The third kappa shape index (κ3) is 1.40. The summed E-state index contributed by atoms with van der Waals surface area (Å²) >= 11 is 0. The molecule has 0 bridgehead atoms. The molecule has 0 spiro atoms. The Balaban J connectivity index is 3.26. The van der Waals surface area contributed by atoms with Crippen molar-refractivity contribution in [1.29, 1.82) is 0 Å². The number of rotatable bonds is 2. The van der Waals surface area contributed by atoms with E-state index in [4.69, 9.17) is 5.73 Å². The lowest BCUT2D eigenvalue weighted by Crippen LogP contribution is -1.86. The van der Waals surface area contributed by atoms with Crippen LogP contribution in [0.4, 0.5) is 11.4 Å². The van der Waals surface area contributed by atoms with Gasteiger partial charge in [0, 0.05) is 11.3 Å². The van der Waals surface area contributed by atoms with Gasteiger partial charge in [-0.1, -0.05) is 0 Å². The highest BCUT2D eigenvalue weighted by atomic mass is 16.3. The fraction of sp³-hybridized carbons (Fsp3) is 0. The van der Waals surface area contributed by atoms with Crippen LogP contribution >= 0.6 is 0 Å². The highest BCUT2D eigenvalue weighted by molar-refractivity contribution is 5.84. The molecule has 0 aromatic heterocycles. The summed E-state index contributed by atoms with van der Waals surface area (Å²) in [7, 11) is 0. The molecular weight excluding hydrogens is 144 g/mol. The van der Waals surface area contributed by atoms with E-state index in [0.717, 1.165) is 0 Å². The van der Waals surface area contributed by atoms with Crippen molar-refractivity contribution in [3.8, 4) is 0 Å². The monoisotopic (exact) mass is 150 g/mol. The van der Waals surface area contributed by atoms with Gasteiger partial charge in [-0.05, 0) is 23.4 Å². The van der Waals surface area contributed by atoms with Crippen LogP contribution in [-0.4, -0.2) is 6.29 Å². The minimum absolute atomic E-state index is 0.0833. The van der Waals surface area contributed by atoms with Crippen molar-refractivity contribution in [2.75, 3.05) is 5.73 Å². The van der Waals surface area contributed by atoms with Crippen LogP contribution in [0.2, 0.25) is 0 Å². The van der Waals surface area contributed by atoms with Gasteiger partial charge in [-0.25, -0.2) is 0 Å². The lowest BCUT2D eigenvalue weighted by Gasteiger charge is -1.95. The molecule has 0 aliphatic rings. The van der Waals surface area contributed by atoms with E-state index in [-0.39, 0.29) is 11.3 Å². The predicted molar refractivity (Wildman–Crippen MR) is 41.7 cm³/mol. The van der Waals surface area contributed by atoms with Gasteiger partial charge in [0.25, 0.3) is 0 Å². The summed E-state index contributed by atoms with van der Waals surface area (Å²) in [6.07, 6.45) is 0.566. The minimum atomic E-state index is 0.0833. The Morgan fingerprint density at radius 3 is 2.73 bits per heavy atom. The van der Waals surface area contributed by atoms with Gasteiger partial charge in [0.15, 0.2) is 6.29 Å². The topological polar surface area (TPSA) is 72.5 Å². The van der Waals surface area contributed by atoms with Gasteiger partial charge in [-0.15, -0.1) is 4.91 Å². The smallest absolute Gasteiger partial charge is 0.152 e. The number of hydrogen-bond donors (Lipinski definition) is 1. The zero-order chi connectivity index (χ0) is 8.27. The summed E-state index contributed by atoms with van der Waals surface area (Å²) in [5.74, 6) is 0. The molecule has 0 aliphatic carbocycles. The molecule has 0 fully saturated rings. The molecule has 0 radical (unpaired) electrons. The average molecular weight is 150 g/mol. The van der Waals surface area contributed by atoms with Crippen molar-refractivity contribution in [3.05, 3.63) is 28.7 Å². The first-order chi connectivity index (χ1) is 5.27. The zero-order valence-corrected chi connectivity index (χ0v) is 5.65. The number of aldehydes is 1. The van der Waals surface area contributed by atoms with Gasteiger partial charge in [0.05, 0.1) is 0 Å². The zero-order valence-electron chi connectivity index (χ0n) is 5.65. The number of carbonyl (C=O) groups is 1. The van der Waals surface area contributed by atoms with Crippen molar-refractivity contribution in [2.24, 2.45) is 5.18 Å². The molecule has 56 valence electrons. The Bertz CT molecular complexity index is 296. The molecule has 1 aromatic rings. The lowest BCUT2D eigenvalue weighted by molar-refractivity contribution is 0.112. The first-order valence-electron chi connectivity index (χ1n) is 2.96. The Kier molecular flexibility index (Phi) is 1.96. The molecule has 4 heteroatoms. The van der Waals surface area contributed by atoms with Crippen LogP contribution in [0.5, 0.6) is 0 Å². The van der Waals surface area contributed by atoms with Gasteiger partial charge in [-0.2, -0.15) is 0 Å². The summed E-state index contributed by atoms with van der Waals surface area (Å²) in [6, 6.07) is 4.36. The molecule has 4 nitrogen and oxygen atoms in total. The third-order valence-electron chi connectivity index (χ3n) is 1.28. The van der Waals surface area contributed by atoms with Crippen LogP contribution in [-0.2, 0) is 0 Å². The second-order valence-electron chi connectivity index (χ2n) is 2.03. The molecule has 0 saturated heterocycles. The van der Waals surface area contributed by atoms with Crippen molar-refractivity contribution in [3.63, 3.8) is 0 Å². The third-order valence-corrected chi connectivity index (χ3v) is 1.28. The highest BCUT2D eigenvalue weighted by Gasteiger charge is 2.00. The Labute approximate surface area is 63.0 Å². The number of hydrogen-bond acceptors (Lipinski definition) is 4. The Hall–Kier alpha value is -1.71. The predicted octanol–water partition coefficient (Wildman–Crippen LogP) is 1.48. The molecule has 1 aromatic carbocycles. The van der Waals surface area contributed by atoms with Crippen LogP contribution in [0.15, 0.2) is 23.4 Å². The molecule has 2 N–H and O–H groups in total. The average Bonchev–Trinajstić information content (AvgIpc) is 2.04. The molecule has 0 aliphatic heterocycles. The van der Waals surface area contributed by atoms with E-state index in [1.807, 2.05) is 0 Å². The summed E-state index contributed by atoms with van der Waals surface area (Å²) in [4.78, 5) is 20.3. The molecular formula is C7H6N2O2. The standard InChI is InChI=1S/C7H6N2O2/c8-6-2-1-5(4-10)7(3-6)9-11/h1-4H,8H2. The van der Waals surface area contributed by atoms with E-state index in [1.54, 1.807) is 6.07 Å². The molecule has 0 atom stereocenters. The van der Waals surface area contributed by atoms with E-state index in [1.165, 1.54) is 12.1 Å². The molecule has 0 heterocycles. The number of nitrogen functional groups attached to an aromatic ring is 1. The quantitative estimate of drug-likeness (QED) is 0.394. The van der Waals surface area contributed by atoms with Crippen molar-refractivity contribution < 1.29 is 4.79 Å². The van der Waals surface area contributed by atoms with Crippen LogP contribution < -0.4 is 5.73 Å². The van der Waals surface area contributed by atoms with Crippen molar-refractivity contribution in [2.45, 2.75) is 0 Å². The minimum Gasteiger partial charge on any atom is -0.399 e. The largest absolute Gasteiger partial charge is 0.399 e. The van der Waals surface area contributed by atoms with Crippen LogP contribution in [0.25, 0.3) is 0 Å². The SMILES string of the molecule is Nc1ccc(C=O)c(N=O)c1. The van der Waals surface area contributed by atoms with Gasteiger partial charge < -0.3 is 5.73 Å². The summed E-state index contributed by atoms with van der Waals surface area (Å²) in [6.45, 7) is 0. The number of nitrogens with two attached hydrogens (primary N) is 1. The summed E-state index contributed by atoms with van der Waals surface area (Å²) < 4.78 is 0. The molecule has 0 unspecified atom stereocenters. The van der Waals surface area contributed by atoms with E-state index in [9.17, 15) is 9.70 Å². The summed E-state index contributed by atoms with van der Waals surface area (Å²) in [5, 5.41) is 2.64. The number of benzene rings is 1. The summed E-state index contributed by atoms with van der Waals surface area (Å²) in [5.41, 5.74) is 6.11. The Morgan fingerprint density at radius 1 is 1.45 bits per heavy atom. The van der Waals surface area contributed by atoms with Crippen LogP contribution in [0, 0.1) is 4.91 Å². The number of anilines is 1.